The van der Waals surface area contributed by atoms with Crippen molar-refractivity contribution in [1.29, 1.82) is 0 Å². The van der Waals surface area contributed by atoms with Gasteiger partial charge in [-0.2, -0.15) is 0 Å². The van der Waals surface area contributed by atoms with Crippen molar-refractivity contribution in [3.05, 3.63) is 17.7 Å². The van der Waals surface area contributed by atoms with E-state index in [-0.39, 0.29) is 23.3 Å². The van der Waals surface area contributed by atoms with Crippen molar-refractivity contribution >= 4 is 11.9 Å². The number of nitrogens with one attached hydrogen (secondary N) is 1. The van der Waals surface area contributed by atoms with E-state index in [0.717, 1.165) is 12.8 Å². The summed E-state index contributed by atoms with van der Waals surface area (Å²) >= 11 is 0. The second kappa shape index (κ2) is 7.07. The number of imidazole rings is 1. The fraction of sp³-hybridized carbons (Fsp3) is 0.643. The summed E-state index contributed by atoms with van der Waals surface area (Å²) in [5.41, 5.74) is -0.153. The quantitative estimate of drug-likeness (QED) is 0.803. The molecular formula is C14H23N3O3. The minimum atomic E-state index is -1.17. The number of amides is 1. The van der Waals surface area contributed by atoms with Gasteiger partial charge in [-0.05, 0) is 18.8 Å². The summed E-state index contributed by atoms with van der Waals surface area (Å²) in [6.45, 7) is 8.71. The highest BCUT2D eigenvalue weighted by atomic mass is 16.4. The molecule has 112 valence electrons. The lowest BCUT2D eigenvalue weighted by molar-refractivity contribution is 0.0611. The van der Waals surface area contributed by atoms with Crippen LogP contribution in [0.4, 0.5) is 0 Å². The molecule has 20 heavy (non-hydrogen) atoms. The molecule has 1 heterocycles. The van der Waals surface area contributed by atoms with E-state index in [0.29, 0.717) is 12.5 Å². The number of aromatic amines is 1. The summed E-state index contributed by atoms with van der Waals surface area (Å²) in [5, 5.41) is 9.08. The molecule has 1 aromatic heterocycles. The normalized spacial score (nSPS) is 11.1. The van der Waals surface area contributed by atoms with E-state index in [4.69, 9.17) is 5.11 Å². The molecule has 0 saturated carbocycles. The number of aromatic nitrogens is 2. The van der Waals surface area contributed by atoms with Gasteiger partial charge in [0.15, 0.2) is 11.4 Å². The topological polar surface area (TPSA) is 86.3 Å². The number of rotatable bonds is 7. The van der Waals surface area contributed by atoms with E-state index in [1.54, 1.807) is 4.90 Å². The van der Waals surface area contributed by atoms with E-state index in [2.05, 4.69) is 9.97 Å². The molecule has 1 amide bonds. The third-order valence-corrected chi connectivity index (χ3v) is 3.26. The number of H-pyrrole nitrogens is 1. The van der Waals surface area contributed by atoms with Crippen LogP contribution in [0.3, 0.4) is 0 Å². The second-order valence-electron chi connectivity index (χ2n) is 5.25. The van der Waals surface area contributed by atoms with Gasteiger partial charge in [-0.15, -0.1) is 0 Å². The third kappa shape index (κ3) is 3.59. The fourth-order valence-corrected chi connectivity index (χ4v) is 2.28. The molecule has 2 N–H and O–H groups in total. The summed E-state index contributed by atoms with van der Waals surface area (Å²) < 4.78 is 0. The third-order valence-electron chi connectivity index (χ3n) is 3.26. The zero-order valence-corrected chi connectivity index (χ0v) is 12.5. The van der Waals surface area contributed by atoms with Crippen molar-refractivity contribution in [2.24, 2.45) is 5.92 Å². The first-order valence-electron chi connectivity index (χ1n) is 6.99. The fourth-order valence-electron chi connectivity index (χ4n) is 2.28. The summed E-state index contributed by atoms with van der Waals surface area (Å²) in [6, 6.07) is 0.100. The number of carboxylic acid groups (broad SMARTS) is 1. The van der Waals surface area contributed by atoms with Crippen LogP contribution in [0.2, 0.25) is 0 Å². The number of aromatic carboxylic acids is 1. The van der Waals surface area contributed by atoms with Gasteiger partial charge < -0.3 is 15.0 Å². The Balaban J connectivity index is 3.09. The maximum Gasteiger partial charge on any atom is 0.354 e. The maximum absolute atomic E-state index is 12.6. The number of nitrogens with zero attached hydrogens (tertiary/aromatic N) is 2. The first-order chi connectivity index (χ1) is 9.42. The van der Waals surface area contributed by atoms with Crippen molar-refractivity contribution in [3.63, 3.8) is 0 Å². The number of carbonyl (C=O) groups is 2. The van der Waals surface area contributed by atoms with E-state index in [1.807, 2.05) is 27.7 Å². The molecule has 0 aliphatic heterocycles. The van der Waals surface area contributed by atoms with Crippen LogP contribution < -0.4 is 0 Å². The predicted octanol–water partition coefficient (Wildman–Crippen LogP) is 2.39. The van der Waals surface area contributed by atoms with E-state index in [1.165, 1.54) is 6.33 Å². The van der Waals surface area contributed by atoms with Gasteiger partial charge in [-0.1, -0.05) is 27.7 Å². The first kappa shape index (κ1) is 16.2. The van der Waals surface area contributed by atoms with Crippen molar-refractivity contribution in [1.82, 2.24) is 14.9 Å². The zero-order valence-electron chi connectivity index (χ0n) is 12.5. The minimum absolute atomic E-state index is 0.00921. The van der Waals surface area contributed by atoms with Crippen LogP contribution in [-0.2, 0) is 0 Å². The lowest BCUT2D eigenvalue weighted by atomic mass is 10.1. The van der Waals surface area contributed by atoms with Gasteiger partial charge in [0, 0.05) is 12.6 Å². The molecule has 0 radical (unpaired) electrons. The first-order valence-corrected chi connectivity index (χ1v) is 6.99. The number of hydrogen-bond acceptors (Lipinski definition) is 3. The van der Waals surface area contributed by atoms with Gasteiger partial charge in [0.05, 0.1) is 6.33 Å². The Bertz CT molecular complexity index is 464. The van der Waals surface area contributed by atoms with Gasteiger partial charge in [0.1, 0.15) is 0 Å². The predicted molar refractivity (Wildman–Crippen MR) is 75.8 cm³/mol. The van der Waals surface area contributed by atoms with Crippen molar-refractivity contribution in [2.75, 3.05) is 6.54 Å². The number of carbonyl (C=O) groups excluding carboxylic acids is 1. The molecule has 6 nitrogen and oxygen atoms in total. The molecule has 0 aliphatic carbocycles. The molecule has 0 atom stereocenters. The Morgan fingerprint density at radius 3 is 2.40 bits per heavy atom. The molecular weight excluding hydrogens is 258 g/mol. The monoisotopic (exact) mass is 281 g/mol. The molecule has 0 saturated heterocycles. The minimum Gasteiger partial charge on any atom is -0.477 e. The molecule has 1 aromatic rings. The van der Waals surface area contributed by atoms with Gasteiger partial charge in [0.2, 0.25) is 0 Å². The van der Waals surface area contributed by atoms with Crippen molar-refractivity contribution < 1.29 is 14.7 Å². The summed E-state index contributed by atoms with van der Waals surface area (Å²) in [6.07, 6.45) is 2.92. The Kier molecular flexibility index (Phi) is 5.73. The number of hydrogen-bond donors (Lipinski definition) is 2. The Labute approximate surface area is 119 Å². The average Bonchev–Trinajstić information content (AvgIpc) is 2.87. The lowest BCUT2D eigenvalue weighted by Gasteiger charge is -2.31. The smallest absolute Gasteiger partial charge is 0.354 e. The molecule has 0 fully saturated rings. The lowest BCUT2D eigenvalue weighted by Crippen LogP contribution is -2.42. The van der Waals surface area contributed by atoms with Crippen molar-refractivity contribution in [2.45, 2.75) is 46.6 Å². The summed E-state index contributed by atoms with van der Waals surface area (Å²) in [4.78, 5) is 31.8. The molecule has 0 aromatic carbocycles. The second-order valence-corrected chi connectivity index (χ2v) is 5.25. The molecule has 0 bridgehead atoms. The molecule has 1 rings (SSSR count). The van der Waals surface area contributed by atoms with Crippen LogP contribution in [0.1, 0.15) is 61.5 Å². The SMILES string of the molecule is CCC(CC)N(CC(C)C)C(=O)c1nc[nH]c1C(=O)O. The largest absolute Gasteiger partial charge is 0.477 e. The van der Waals surface area contributed by atoms with Gasteiger partial charge in [-0.25, -0.2) is 9.78 Å². The Morgan fingerprint density at radius 1 is 1.35 bits per heavy atom. The van der Waals surface area contributed by atoms with Crippen LogP contribution in [-0.4, -0.2) is 44.4 Å². The summed E-state index contributed by atoms with van der Waals surface area (Å²) in [5.74, 6) is -1.17. The standard InChI is InChI=1S/C14H23N3O3/c1-5-10(6-2)17(7-9(3)4)13(18)11-12(14(19)20)16-8-15-11/h8-10H,5-7H2,1-4H3,(H,15,16)(H,19,20). The highest BCUT2D eigenvalue weighted by Gasteiger charge is 2.28. The van der Waals surface area contributed by atoms with Crippen LogP contribution in [0.25, 0.3) is 0 Å². The molecule has 0 spiro atoms. The summed E-state index contributed by atoms with van der Waals surface area (Å²) in [7, 11) is 0. The van der Waals surface area contributed by atoms with E-state index in [9.17, 15) is 9.59 Å². The van der Waals surface area contributed by atoms with Crippen LogP contribution in [0.15, 0.2) is 6.33 Å². The maximum atomic E-state index is 12.6. The van der Waals surface area contributed by atoms with Crippen LogP contribution >= 0.6 is 0 Å². The highest BCUT2D eigenvalue weighted by molar-refractivity contribution is 6.02. The molecule has 0 aliphatic rings. The van der Waals surface area contributed by atoms with E-state index >= 15 is 0 Å². The van der Waals surface area contributed by atoms with Gasteiger partial charge in [0.25, 0.3) is 5.91 Å². The van der Waals surface area contributed by atoms with E-state index < -0.39 is 5.97 Å². The van der Waals surface area contributed by atoms with Crippen LogP contribution in [0, 0.1) is 5.92 Å². The molecule has 0 unspecified atom stereocenters. The van der Waals surface area contributed by atoms with Crippen molar-refractivity contribution in [3.8, 4) is 0 Å². The Hall–Kier alpha value is -1.85. The number of carboxylic acids is 1. The van der Waals surface area contributed by atoms with Crippen LogP contribution in [0.5, 0.6) is 0 Å². The average molecular weight is 281 g/mol. The van der Waals surface area contributed by atoms with Gasteiger partial charge in [-0.3, -0.25) is 4.79 Å². The highest BCUT2D eigenvalue weighted by Crippen LogP contribution is 2.16. The Morgan fingerprint density at radius 2 is 1.95 bits per heavy atom. The molecule has 6 heteroatoms. The van der Waals surface area contributed by atoms with Gasteiger partial charge >= 0.3 is 5.97 Å². The zero-order chi connectivity index (χ0) is 15.3.